The van der Waals surface area contributed by atoms with Crippen LogP contribution in [0.4, 0.5) is 11.8 Å². The molecule has 8 heteroatoms. The van der Waals surface area contributed by atoms with Crippen molar-refractivity contribution in [2.24, 2.45) is 5.10 Å². The number of nitrogens with two attached hydrogens (primary N) is 1. The van der Waals surface area contributed by atoms with Crippen LogP contribution in [0.5, 0.6) is 11.5 Å². The molecule has 2 aromatic rings. The van der Waals surface area contributed by atoms with Crippen LogP contribution in [0.1, 0.15) is 5.56 Å². The van der Waals surface area contributed by atoms with Crippen molar-refractivity contribution in [1.29, 1.82) is 0 Å². The molecule has 0 aliphatic heterocycles. The first kappa shape index (κ1) is 12.9. The van der Waals surface area contributed by atoms with Gasteiger partial charge in [0.1, 0.15) is 22.5 Å². The minimum Gasteiger partial charge on any atom is -0.508 e. The molecule has 0 radical (unpaired) electrons. The van der Waals surface area contributed by atoms with Gasteiger partial charge in [-0.15, -0.1) is 0 Å². The third-order valence-corrected chi connectivity index (χ3v) is 2.29. The van der Waals surface area contributed by atoms with Crippen molar-refractivity contribution in [3.8, 4) is 11.5 Å². The van der Waals surface area contributed by atoms with Crippen LogP contribution in [-0.2, 0) is 0 Å². The Morgan fingerprint density at radius 3 is 2.74 bits per heavy atom. The summed E-state index contributed by atoms with van der Waals surface area (Å²) in [5.74, 6) is 0.218. The van der Waals surface area contributed by atoms with Gasteiger partial charge in [-0.1, -0.05) is 11.6 Å². The predicted molar refractivity (Wildman–Crippen MR) is 72.4 cm³/mol. The third-order valence-electron chi connectivity index (χ3n) is 2.10. The minimum absolute atomic E-state index is 0.0337. The molecule has 2 rings (SSSR count). The molecule has 0 spiro atoms. The van der Waals surface area contributed by atoms with Gasteiger partial charge < -0.3 is 15.9 Å². The van der Waals surface area contributed by atoms with Crippen molar-refractivity contribution in [3.05, 3.63) is 35.0 Å². The number of hydrogen-bond donors (Lipinski definition) is 4. The molecule has 1 heterocycles. The second kappa shape index (κ2) is 5.40. The fraction of sp³-hybridized carbons (Fsp3) is 0. The quantitative estimate of drug-likeness (QED) is 0.385. The van der Waals surface area contributed by atoms with Gasteiger partial charge in [-0.25, -0.2) is 5.43 Å². The van der Waals surface area contributed by atoms with E-state index >= 15 is 0 Å². The van der Waals surface area contributed by atoms with Gasteiger partial charge in [0, 0.05) is 17.7 Å². The highest BCUT2D eigenvalue weighted by molar-refractivity contribution is 6.29. The first-order valence-electron chi connectivity index (χ1n) is 5.16. The number of nitrogens with zero attached hydrogens (tertiary/aromatic N) is 3. The van der Waals surface area contributed by atoms with Gasteiger partial charge in [-0.05, 0) is 12.1 Å². The van der Waals surface area contributed by atoms with Gasteiger partial charge in [0.25, 0.3) is 0 Å². The topological polar surface area (TPSA) is 117 Å². The molecule has 0 aliphatic carbocycles. The second-order valence-corrected chi connectivity index (χ2v) is 3.94. The maximum absolute atomic E-state index is 9.53. The van der Waals surface area contributed by atoms with Crippen LogP contribution in [0.15, 0.2) is 29.4 Å². The second-order valence-electron chi connectivity index (χ2n) is 3.55. The van der Waals surface area contributed by atoms with E-state index in [1.807, 2.05) is 0 Å². The lowest BCUT2D eigenvalue weighted by Crippen LogP contribution is -2.00. The highest BCUT2D eigenvalue weighted by atomic mass is 35.5. The Bertz CT molecular complexity index is 612. The predicted octanol–water partition coefficient (Wildman–Crippen LogP) is 1.57. The number of rotatable bonds is 3. The zero-order chi connectivity index (χ0) is 13.8. The first-order chi connectivity index (χ1) is 9.04. The van der Waals surface area contributed by atoms with E-state index in [0.717, 1.165) is 0 Å². The number of nitrogen functional groups attached to an aromatic ring is 1. The number of anilines is 2. The molecule has 1 aromatic carbocycles. The molecule has 0 aliphatic rings. The van der Waals surface area contributed by atoms with E-state index in [-0.39, 0.29) is 28.4 Å². The summed E-state index contributed by atoms with van der Waals surface area (Å²) in [6, 6.07) is 5.54. The van der Waals surface area contributed by atoms with Crippen LogP contribution in [0.25, 0.3) is 0 Å². The summed E-state index contributed by atoms with van der Waals surface area (Å²) in [7, 11) is 0. The third kappa shape index (κ3) is 3.46. The number of halogens is 1. The van der Waals surface area contributed by atoms with Crippen LogP contribution >= 0.6 is 11.6 Å². The Balaban J connectivity index is 2.11. The van der Waals surface area contributed by atoms with Crippen molar-refractivity contribution in [2.75, 3.05) is 11.2 Å². The van der Waals surface area contributed by atoms with Gasteiger partial charge >= 0.3 is 0 Å². The summed E-state index contributed by atoms with van der Waals surface area (Å²) < 4.78 is 0. The normalized spacial score (nSPS) is 10.8. The van der Waals surface area contributed by atoms with Crippen molar-refractivity contribution >= 4 is 29.6 Å². The lowest BCUT2D eigenvalue weighted by atomic mass is 10.2. The Morgan fingerprint density at radius 1 is 1.26 bits per heavy atom. The van der Waals surface area contributed by atoms with Gasteiger partial charge in [0.2, 0.25) is 5.95 Å². The fourth-order valence-electron chi connectivity index (χ4n) is 1.29. The number of hydrogen-bond acceptors (Lipinski definition) is 7. The summed E-state index contributed by atoms with van der Waals surface area (Å²) in [6.45, 7) is 0. The summed E-state index contributed by atoms with van der Waals surface area (Å²) in [5.41, 5.74) is 8.43. The van der Waals surface area contributed by atoms with E-state index in [1.165, 1.54) is 30.5 Å². The minimum atomic E-state index is -0.0999. The number of hydrazone groups is 1. The molecule has 0 saturated carbocycles. The fourth-order valence-corrected chi connectivity index (χ4v) is 1.48. The highest BCUT2D eigenvalue weighted by Crippen LogP contribution is 2.20. The Hall–Kier alpha value is -2.54. The molecule has 7 nitrogen and oxygen atoms in total. The van der Waals surface area contributed by atoms with Gasteiger partial charge in [-0.2, -0.15) is 15.1 Å². The Labute approximate surface area is 113 Å². The van der Waals surface area contributed by atoms with Gasteiger partial charge in [0.15, 0.2) is 0 Å². The molecule has 0 atom stereocenters. The van der Waals surface area contributed by atoms with E-state index in [4.69, 9.17) is 22.4 Å². The van der Waals surface area contributed by atoms with E-state index in [9.17, 15) is 5.11 Å². The number of nitrogens with one attached hydrogen (secondary N) is 1. The Kier molecular flexibility index (Phi) is 3.67. The molecule has 0 unspecified atom stereocenters. The molecule has 0 bridgehead atoms. The number of phenols is 2. The van der Waals surface area contributed by atoms with E-state index in [2.05, 4.69) is 20.5 Å². The van der Waals surface area contributed by atoms with Crippen molar-refractivity contribution in [3.63, 3.8) is 0 Å². The summed E-state index contributed by atoms with van der Waals surface area (Å²) in [5, 5.41) is 22.7. The molecular formula is C11H10ClN5O2. The zero-order valence-corrected chi connectivity index (χ0v) is 10.3. The van der Waals surface area contributed by atoms with Crippen LogP contribution in [0, 0.1) is 0 Å². The van der Waals surface area contributed by atoms with Crippen LogP contribution in [-0.4, -0.2) is 26.4 Å². The average Bonchev–Trinajstić information content (AvgIpc) is 2.30. The average molecular weight is 280 g/mol. The SMILES string of the molecule is Nc1cc(Cl)nc(N/N=C/c2ccc(O)cc2O)n1. The number of aromatic hydroxyl groups is 2. The zero-order valence-electron chi connectivity index (χ0n) is 9.58. The van der Waals surface area contributed by atoms with Crippen molar-refractivity contribution in [2.45, 2.75) is 0 Å². The first-order valence-corrected chi connectivity index (χ1v) is 5.53. The number of benzene rings is 1. The molecule has 98 valence electrons. The smallest absolute Gasteiger partial charge is 0.246 e. The summed E-state index contributed by atoms with van der Waals surface area (Å²) >= 11 is 5.70. The molecule has 0 saturated heterocycles. The van der Waals surface area contributed by atoms with E-state index < -0.39 is 0 Å². The monoisotopic (exact) mass is 279 g/mol. The molecule has 0 amide bonds. The Morgan fingerprint density at radius 2 is 2.05 bits per heavy atom. The van der Waals surface area contributed by atoms with Crippen molar-refractivity contribution < 1.29 is 10.2 Å². The van der Waals surface area contributed by atoms with Crippen molar-refractivity contribution in [1.82, 2.24) is 9.97 Å². The highest BCUT2D eigenvalue weighted by Gasteiger charge is 2.01. The lowest BCUT2D eigenvalue weighted by Gasteiger charge is -2.01. The molecular weight excluding hydrogens is 270 g/mol. The molecule has 5 N–H and O–H groups in total. The number of aromatic nitrogens is 2. The molecule has 19 heavy (non-hydrogen) atoms. The lowest BCUT2D eigenvalue weighted by molar-refractivity contribution is 0.450. The van der Waals surface area contributed by atoms with Crippen LogP contribution < -0.4 is 11.2 Å². The van der Waals surface area contributed by atoms with Crippen LogP contribution in [0.2, 0.25) is 5.15 Å². The number of phenolic OH excluding ortho intramolecular Hbond substituents is 2. The molecule has 0 fully saturated rings. The van der Waals surface area contributed by atoms with E-state index in [1.54, 1.807) is 0 Å². The summed E-state index contributed by atoms with van der Waals surface area (Å²) in [4.78, 5) is 7.71. The molecule has 1 aromatic heterocycles. The van der Waals surface area contributed by atoms with E-state index in [0.29, 0.717) is 5.56 Å². The van der Waals surface area contributed by atoms with Gasteiger partial charge in [0.05, 0.1) is 6.21 Å². The maximum atomic E-state index is 9.53. The standard InChI is InChI=1S/C11H10ClN5O2/c12-9-4-10(13)16-11(15-9)17-14-5-6-1-2-7(18)3-8(6)19/h1-5,18-19H,(H3,13,15,16,17)/b14-5+. The largest absolute Gasteiger partial charge is 0.508 e. The van der Waals surface area contributed by atoms with Crippen LogP contribution in [0.3, 0.4) is 0 Å². The summed E-state index contributed by atoms with van der Waals surface area (Å²) in [6.07, 6.45) is 1.34. The van der Waals surface area contributed by atoms with Gasteiger partial charge in [-0.3, -0.25) is 0 Å². The maximum Gasteiger partial charge on any atom is 0.246 e.